The Hall–Kier alpha value is -1.96. The zero-order valence-electron chi connectivity index (χ0n) is 9.18. The van der Waals surface area contributed by atoms with E-state index >= 15 is 0 Å². The highest BCUT2D eigenvalue weighted by Crippen LogP contribution is 2.21. The smallest absolute Gasteiger partial charge is 0.156 e. The second-order valence-electron chi connectivity index (χ2n) is 3.72. The van der Waals surface area contributed by atoms with E-state index in [1.165, 1.54) is 0 Å². The standard InChI is InChI=1S/C14H13NO/c1-11(16)13-4-2-3-5-14(10-13)12-6-8-15-9-7-12/h2-3,5-10H,4H2,1H3. The van der Waals surface area contributed by atoms with Crippen molar-refractivity contribution in [3.8, 4) is 0 Å². The molecule has 0 fully saturated rings. The molecule has 0 saturated heterocycles. The van der Waals surface area contributed by atoms with E-state index < -0.39 is 0 Å². The second kappa shape index (κ2) is 4.71. The Morgan fingerprint density at radius 3 is 2.75 bits per heavy atom. The van der Waals surface area contributed by atoms with Crippen LogP contribution >= 0.6 is 0 Å². The minimum atomic E-state index is 0.131. The maximum absolute atomic E-state index is 11.4. The Kier molecular flexibility index (Phi) is 3.10. The van der Waals surface area contributed by atoms with Gasteiger partial charge in [-0.2, -0.15) is 0 Å². The molecule has 0 spiro atoms. The number of carbonyl (C=O) groups is 1. The number of carbonyl (C=O) groups excluding carboxylic acids is 1. The highest BCUT2D eigenvalue weighted by molar-refractivity contribution is 5.97. The van der Waals surface area contributed by atoms with E-state index in [0.29, 0.717) is 6.42 Å². The summed E-state index contributed by atoms with van der Waals surface area (Å²) in [6, 6.07) is 3.89. The van der Waals surface area contributed by atoms with Crippen molar-refractivity contribution in [3.05, 3.63) is 60.0 Å². The number of hydrogen-bond acceptors (Lipinski definition) is 2. The molecule has 0 aromatic carbocycles. The minimum Gasteiger partial charge on any atom is -0.295 e. The molecule has 1 heterocycles. The van der Waals surface area contributed by atoms with Crippen molar-refractivity contribution in [3.63, 3.8) is 0 Å². The summed E-state index contributed by atoms with van der Waals surface area (Å²) in [5.74, 6) is 0.131. The number of nitrogens with zero attached hydrogens (tertiary/aromatic N) is 1. The average Bonchev–Trinajstić information content (AvgIpc) is 2.56. The molecule has 80 valence electrons. The monoisotopic (exact) mass is 211 g/mol. The van der Waals surface area contributed by atoms with Crippen molar-refractivity contribution in [2.24, 2.45) is 0 Å². The number of rotatable bonds is 2. The van der Waals surface area contributed by atoms with Gasteiger partial charge in [0.05, 0.1) is 0 Å². The summed E-state index contributed by atoms with van der Waals surface area (Å²) in [7, 11) is 0. The van der Waals surface area contributed by atoms with E-state index in [1.807, 2.05) is 36.4 Å². The van der Waals surface area contributed by atoms with Crippen molar-refractivity contribution in [2.75, 3.05) is 0 Å². The van der Waals surface area contributed by atoms with Gasteiger partial charge in [0.2, 0.25) is 0 Å². The normalized spacial score (nSPS) is 15.1. The maximum atomic E-state index is 11.4. The van der Waals surface area contributed by atoms with Crippen molar-refractivity contribution >= 4 is 11.4 Å². The minimum absolute atomic E-state index is 0.131. The molecule has 1 aromatic heterocycles. The summed E-state index contributed by atoms with van der Waals surface area (Å²) in [6.45, 7) is 1.61. The fraction of sp³-hybridized carbons (Fsp3) is 0.143. The SMILES string of the molecule is CC(=O)C1=CC(c2ccncc2)=CC=CC1. The molecule has 1 aliphatic rings. The van der Waals surface area contributed by atoms with Crippen molar-refractivity contribution in [2.45, 2.75) is 13.3 Å². The highest BCUT2D eigenvalue weighted by Gasteiger charge is 2.06. The van der Waals surface area contributed by atoms with Gasteiger partial charge >= 0.3 is 0 Å². The van der Waals surface area contributed by atoms with Gasteiger partial charge in [0.1, 0.15) is 0 Å². The molecule has 1 aliphatic carbocycles. The molecular formula is C14H13NO. The summed E-state index contributed by atoms with van der Waals surface area (Å²) in [5.41, 5.74) is 2.98. The summed E-state index contributed by atoms with van der Waals surface area (Å²) in [6.07, 6.45) is 12.2. The number of hydrogen-bond donors (Lipinski definition) is 0. The van der Waals surface area contributed by atoms with E-state index in [1.54, 1.807) is 19.3 Å². The topological polar surface area (TPSA) is 30.0 Å². The number of Topliss-reactive ketones (excluding diaryl/α,β-unsaturated/α-hetero) is 1. The molecule has 0 bridgehead atoms. The van der Waals surface area contributed by atoms with E-state index in [-0.39, 0.29) is 5.78 Å². The molecule has 16 heavy (non-hydrogen) atoms. The molecule has 2 heteroatoms. The molecule has 2 rings (SSSR count). The van der Waals surface area contributed by atoms with Crippen LogP contribution < -0.4 is 0 Å². The summed E-state index contributed by atoms with van der Waals surface area (Å²) in [5, 5.41) is 0. The predicted octanol–water partition coefficient (Wildman–Crippen LogP) is 2.94. The zero-order valence-corrected chi connectivity index (χ0v) is 9.18. The molecule has 0 unspecified atom stereocenters. The summed E-state index contributed by atoms with van der Waals surface area (Å²) in [4.78, 5) is 15.4. The maximum Gasteiger partial charge on any atom is 0.156 e. The molecule has 0 amide bonds. The van der Waals surface area contributed by atoms with Crippen LogP contribution in [0.1, 0.15) is 18.9 Å². The predicted molar refractivity (Wildman–Crippen MR) is 64.7 cm³/mol. The van der Waals surface area contributed by atoms with Crippen LogP contribution in [0.4, 0.5) is 0 Å². The van der Waals surface area contributed by atoms with Crippen molar-refractivity contribution in [1.82, 2.24) is 4.98 Å². The van der Waals surface area contributed by atoms with Crippen LogP contribution in [0, 0.1) is 0 Å². The Balaban J connectivity index is 2.41. The average molecular weight is 211 g/mol. The van der Waals surface area contributed by atoms with Gasteiger partial charge in [-0.05, 0) is 48.3 Å². The van der Waals surface area contributed by atoms with E-state index in [9.17, 15) is 4.79 Å². The number of allylic oxidation sites excluding steroid dienone is 6. The fourth-order valence-electron chi connectivity index (χ4n) is 1.63. The molecular weight excluding hydrogens is 198 g/mol. The van der Waals surface area contributed by atoms with E-state index in [4.69, 9.17) is 0 Å². The third-order valence-corrected chi connectivity index (χ3v) is 2.55. The molecule has 1 aromatic rings. The van der Waals surface area contributed by atoms with Gasteiger partial charge in [-0.25, -0.2) is 0 Å². The van der Waals surface area contributed by atoms with Crippen LogP contribution in [0.15, 0.2) is 54.4 Å². The molecule has 0 N–H and O–H groups in total. The van der Waals surface area contributed by atoms with E-state index in [0.717, 1.165) is 16.7 Å². The van der Waals surface area contributed by atoms with Gasteiger partial charge in [-0.15, -0.1) is 0 Å². The summed E-state index contributed by atoms with van der Waals surface area (Å²) >= 11 is 0. The Morgan fingerprint density at radius 2 is 2.06 bits per heavy atom. The van der Waals surface area contributed by atoms with Gasteiger partial charge in [0.25, 0.3) is 0 Å². The summed E-state index contributed by atoms with van der Waals surface area (Å²) < 4.78 is 0. The van der Waals surface area contributed by atoms with Gasteiger partial charge in [-0.3, -0.25) is 9.78 Å². The zero-order chi connectivity index (χ0) is 11.4. The molecule has 0 radical (unpaired) electrons. The highest BCUT2D eigenvalue weighted by atomic mass is 16.1. The first-order valence-corrected chi connectivity index (χ1v) is 5.26. The Morgan fingerprint density at radius 1 is 1.31 bits per heavy atom. The molecule has 0 aliphatic heterocycles. The largest absolute Gasteiger partial charge is 0.295 e. The van der Waals surface area contributed by atoms with Crippen LogP contribution in [-0.4, -0.2) is 10.8 Å². The molecule has 0 saturated carbocycles. The quantitative estimate of drug-likeness (QED) is 0.752. The van der Waals surface area contributed by atoms with Crippen LogP contribution in [0.2, 0.25) is 0 Å². The third-order valence-electron chi connectivity index (χ3n) is 2.55. The lowest BCUT2D eigenvalue weighted by atomic mass is 10.0. The van der Waals surface area contributed by atoms with Crippen LogP contribution in [0.5, 0.6) is 0 Å². The Labute approximate surface area is 95.0 Å². The van der Waals surface area contributed by atoms with Gasteiger partial charge in [-0.1, -0.05) is 18.2 Å². The second-order valence-corrected chi connectivity index (χ2v) is 3.72. The lowest BCUT2D eigenvalue weighted by Gasteiger charge is -2.02. The Bertz CT molecular complexity index is 481. The number of ketones is 1. The first kappa shape index (κ1) is 10.6. The lowest BCUT2D eigenvalue weighted by Crippen LogP contribution is -1.95. The van der Waals surface area contributed by atoms with Crippen molar-refractivity contribution in [1.29, 1.82) is 0 Å². The lowest BCUT2D eigenvalue weighted by molar-refractivity contribution is -0.113. The van der Waals surface area contributed by atoms with Crippen LogP contribution in [0.25, 0.3) is 5.57 Å². The van der Waals surface area contributed by atoms with Gasteiger partial charge in [0, 0.05) is 12.4 Å². The van der Waals surface area contributed by atoms with Gasteiger partial charge in [0.15, 0.2) is 5.78 Å². The van der Waals surface area contributed by atoms with E-state index in [2.05, 4.69) is 4.98 Å². The third kappa shape index (κ3) is 2.34. The fourth-order valence-corrected chi connectivity index (χ4v) is 1.63. The van der Waals surface area contributed by atoms with Gasteiger partial charge < -0.3 is 0 Å². The van der Waals surface area contributed by atoms with Crippen LogP contribution in [-0.2, 0) is 4.79 Å². The number of pyridine rings is 1. The molecule has 2 nitrogen and oxygen atoms in total. The van der Waals surface area contributed by atoms with Crippen molar-refractivity contribution < 1.29 is 4.79 Å². The first-order valence-electron chi connectivity index (χ1n) is 5.26. The number of aromatic nitrogens is 1. The van der Waals surface area contributed by atoms with Crippen LogP contribution in [0.3, 0.4) is 0 Å². The first-order chi connectivity index (χ1) is 7.77. The molecule has 0 atom stereocenters.